The van der Waals surface area contributed by atoms with E-state index in [4.69, 9.17) is 19.3 Å². The van der Waals surface area contributed by atoms with Gasteiger partial charge >= 0.3 is 0 Å². The van der Waals surface area contributed by atoms with Crippen LogP contribution < -0.4 is 9.47 Å². The van der Waals surface area contributed by atoms with E-state index in [-0.39, 0.29) is 18.6 Å². The Morgan fingerprint density at radius 2 is 2.15 bits per heavy atom. The van der Waals surface area contributed by atoms with Gasteiger partial charge in [-0.2, -0.15) is 0 Å². The summed E-state index contributed by atoms with van der Waals surface area (Å²) in [5, 5.41) is 9.11. The molecule has 0 aliphatic carbocycles. The zero-order chi connectivity index (χ0) is 14.5. The Balaban J connectivity index is 2.16. The fourth-order valence-corrected chi connectivity index (χ4v) is 2.17. The number of amides is 1. The third-order valence-corrected chi connectivity index (χ3v) is 3.26. The monoisotopic (exact) mass is 281 g/mol. The van der Waals surface area contributed by atoms with E-state index in [2.05, 4.69) is 0 Å². The van der Waals surface area contributed by atoms with Crippen LogP contribution in [0.1, 0.15) is 10.4 Å². The molecule has 1 amide bonds. The summed E-state index contributed by atoms with van der Waals surface area (Å²) in [5.41, 5.74) is 0.529. The number of hydrogen-bond donors (Lipinski definition) is 1. The van der Waals surface area contributed by atoms with Gasteiger partial charge < -0.3 is 24.2 Å². The van der Waals surface area contributed by atoms with Crippen LogP contribution in [0.5, 0.6) is 11.5 Å². The number of carbonyl (C=O) groups excluding carboxylic acids is 1. The second-order valence-corrected chi connectivity index (χ2v) is 4.50. The van der Waals surface area contributed by atoms with Crippen molar-refractivity contribution in [3.63, 3.8) is 0 Å². The summed E-state index contributed by atoms with van der Waals surface area (Å²) < 4.78 is 15.7. The van der Waals surface area contributed by atoms with Crippen molar-refractivity contribution in [3.8, 4) is 11.5 Å². The summed E-state index contributed by atoms with van der Waals surface area (Å²) in [6, 6.07) is 5.06. The summed E-state index contributed by atoms with van der Waals surface area (Å²) in [7, 11) is 3.08. The molecule has 6 heteroatoms. The highest BCUT2D eigenvalue weighted by Gasteiger charge is 2.25. The number of benzene rings is 1. The molecule has 1 aromatic rings. The first-order valence-corrected chi connectivity index (χ1v) is 6.43. The van der Waals surface area contributed by atoms with Crippen LogP contribution in [0.25, 0.3) is 0 Å². The number of aliphatic hydroxyl groups excluding tert-OH is 1. The zero-order valence-corrected chi connectivity index (χ0v) is 11.7. The summed E-state index contributed by atoms with van der Waals surface area (Å²) in [6.07, 6.45) is -0.312. The summed E-state index contributed by atoms with van der Waals surface area (Å²) in [4.78, 5) is 14.1. The SMILES string of the molecule is COc1ccc(C(=O)N2CCOC(CO)C2)cc1OC. The van der Waals surface area contributed by atoms with Crippen LogP contribution >= 0.6 is 0 Å². The topological polar surface area (TPSA) is 68.2 Å². The van der Waals surface area contributed by atoms with E-state index in [1.54, 1.807) is 30.2 Å². The number of carbonyl (C=O) groups is 1. The van der Waals surface area contributed by atoms with E-state index in [0.29, 0.717) is 36.8 Å². The Kier molecular flexibility index (Phi) is 4.81. The molecule has 1 atom stereocenters. The number of rotatable bonds is 4. The maximum Gasteiger partial charge on any atom is 0.254 e. The van der Waals surface area contributed by atoms with Gasteiger partial charge in [-0.05, 0) is 18.2 Å². The van der Waals surface area contributed by atoms with Gasteiger partial charge in [-0.3, -0.25) is 4.79 Å². The fraction of sp³-hybridized carbons (Fsp3) is 0.500. The average Bonchev–Trinajstić information content (AvgIpc) is 2.53. The van der Waals surface area contributed by atoms with Crippen molar-refractivity contribution in [2.45, 2.75) is 6.10 Å². The molecule has 1 aromatic carbocycles. The van der Waals surface area contributed by atoms with Crippen LogP contribution in [-0.4, -0.2) is 62.5 Å². The van der Waals surface area contributed by atoms with E-state index in [1.807, 2.05) is 0 Å². The molecule has 6 nitrogen and oxygen atoms in total. The Labute approximate surface area is 117 Å². The van der Waals surface area contributed by atoms with Crippen LogP contribution in [0.15, 0.2) is 18.2 Å². The van der Waals surface area contributed by atoms with E-state index in [0.717, 1.165) is 0 Å². The molecule has 1 heterocycles. The van der Waals surface area contributed by atoms with Gasteiger partial charge in [0.05, 0.1) is 33.5 Å². The average molecular weight is 281 g/mol. The minimum absolute atomic E-state index is 0.0876. The van der Waals surface area contributed by atoms with Crippen molar-refractivity contribution in [2.75, 3.05) is 40.5 Å². The van der Waals surface area contributed by atoms with Gasteiger partial charge in [-0.1, -0.05) is 0 Å². The molecule has 1 unspecified atom stereocenters. The summed E-state index contributed by atoms with van der Waals surface area (Å²) >= 11 is 0. The fourth-order valence-electron chi connectivity index (χ4n) is 2.17. The van der Waals surface area contributed by atoms with E-state index in [1.165, 1.54) is 7.11 Å². The van der Waals surface area contributed by atoms with Gasteiger partial charge in [0.2, 0.25) is 0 Å². The standard InChI is InChI=1S/C14H19NO5/c1-18-12-4-3-10(7-13(12)19-2)14(17)15-5-6-20-11(8-15)9-16/h3-4,7,11,16H,5-6,8-9H2,1-2H3. The lowest BCUT2D eigenvalue weighted by atomic mass is 10.1. The second kappa shape index (κ2) is 6.58. The molecule has 1 aliphatic heterocycles. The lowest BCUT2D eigenvalue weighted by molar-refractivity contribution is -0.0447. The number of hydrogen-bond acceptors (Lipinski definition) is 5. The quantitative estimate of drug-likeness (QED) is 0.872. The van der Waals surface area contributed by atoms with Crippen molar-refractivity contribution < 1.29 is 24.1 Å². The molecule has 0 saturated carbocycles. The molecule has 110 valence electrons. The van der Waals surface area contributed by atoms with Gasteiger partial charge in [-0.15, -0.1) is 0 Å². The lowest BCUT2D eigenvalue weighted by Crippen LogP contribution is -2.46. The highest BCUT2D eigenvalue weighted by Crippen LogP contribution is 2.28. The third kappa shape index (κ3) is 3.02. The first-order chi connectivity index (χ1) is 9.69. The molecule has 1 aliphatic rings. The smallest absolute Gasteiger partial charge is 0.254 e. The van der Waals surface area contributed by atoms with Crippen molar-refractivity contribution in [1.29, 1.82) is 0 Å². The first kappa shape index (κ1) is 14.6. The van der Waals surface area contributed by atoms with Crippen LogP contribution in [0.3, 0.4) is 0 Å². The maximum absolute atomic E-state index is 12.4. The number of methoxy groups -OCH3 is 2. The molecule has 1 saturated heterocycles. The predicted molar refractivity (Wildman–Crippen MR) is 72.3 cm³/mol. The van der Waals surface area contributed by atoms with Gasteiger partial charge in [0.15, 0.2) is 11.5 Å². The highest BCUT2D eigenvalue weighted by molar-refractivity contribution is 5.95. The van der Waals surface area contributed by atoms with Gasteiger partial charge in [0.25, 0.3) is 5.91 Å². The van der Waals surface area contributed by atoms with Crippen LogP contribution in [-0.2, 0) is 4.74 Å². The van der Waals surface area contributed by atoms with Crippen molar-refractivity contribution >= 4 is 5.91 Å². The Morgan fingerprint density at radius 3 is 2.80 bits per heavy atom. The number of morpholine rings is 1. The molecule has 2 rings (SSSR count). The van der Waals surface area contributed by atoms with E-state index < -0.39 is 0 Å². The van der Waals surface area contributed by atoms with Crippen molar-refractivity contribution in [1.82, 2.24) is 4.90 Å². The zero-order valence-electron chi connectivity index (χ0n) is 11.7. The maximum atomic E-state index is 12.4. The molecular formula is C14H19NO5. The number of aliphatic hydroxyl groups is 1. The Bertz CT molecular complexity index is 477. The molecule has 1 fully saturated rings. The molecule has 1 N–H and O–H groups in total. The molecular weight excluding hydrogens is 262 g/mol. The van der Waals surface area contributed by atoms with Crippen LogP contribution in [0, 0.1) is 0 Å². The molecule has 0 aromatic heterocycles. The van der Waals surface area contributed by atoms with Crippen LogP contribution in [0.2, 0.25) is 0 Å². The largest absolute Gasteiger partial charge is 0.493 e. The lowest BCUT2D eigenvalue weighted by Gasteiger charge is -2.32. The first-order valence-electron chi connectivity index (χ1n) is 6.43. The van der Waals surface area contributed by atoms with E-state index >= 15 is 0 Å². The van der Waals surface area contributed by atoms with Crippen LogP contribution in [0.4, 0.5) is 0 Å². The molecule has 0 bridgehead atoms. The van der Waals surface area contributed by atoms with Gasteiger partial charge in [-0.25, -0.2) is 0 Å². The van der Waals surface area contributed by atoms with Gasteiger partial charge in [0, 0.05) is 18.7 Å². The summed E-state index contributed by atoms with van der Waals surface area (Å²) in [5.74, 6) is 0.997. The normalized spacial score (nSPS) is 18.8. The predicted octanol–water partition coefficient (Wildman–Crippen LogP) is 0.537. The van der Waals surface area contributed by atoms with Crippen molar-refractivity contribution in [3.05, 3.63) is 23.8 Å². The second-order valence-electron chi connectivity index (χ2n) is 4.50. The third-order valence-electron chi connectivity index (χ3n) is 3.26. The number of nitrogens with zero attached hydrogens (tertiary/aromatic N) is 1. The minimum Gasteiger partial charge on any atom is -0.493 e. The van der Waals surface area contributed by atoms with E-state index in [9.17, 15) is 4.79 Å². The van der Waals surface area contributed by atoms with Crippen molar-refractivity contribution in [2.24, 2.45) is 0 Å². The number of ether oxygens (including phenoxy) is 3. The summed E-state index contributed by atoms with van der Waals surface area (Å²) in [6.45, 7) is 1.26. The Hall–Kier alpha value is -1.79. The van der Waals surface area contributed by atoms with Gasteiger partial charge in [0.1, 0.15) is 0 Å². The molecule has 0 spiro atoms. The molecule has 20 heavy (non-hydrogen) atoms. The Morgan fingerprint density at radius 1 is 1.40 bits per heavy atom. The molecule has 0 radical (unpaired) electrons. The highest BCUT2D eigenvalue weighted by atomic mass is 16.5. The minimum atomic E-state index is -0.312.